The van der Waals surface area contributed by atoms with Gasteiger partial charge in [0.15, 0.2) is 6.29 Å². The molecule has 0 amide bonds. The Kier molecular flexibility index (Phi) is 3.98. The van der Waals surface area contributed by atoms with Crippen LogP contribution in [0.1, 0.15) is 19.8 Å². The summed E-state index contributed by atoms with van der Waals surface area (Å²) in [5.41, 5.74) is 0. The first-order chi connectivity index (χ1) is 5.76. The van der Waals surface area contributed by atoms with Crippen molar-refractivity contribution in [2.45, 2.75) is 32.1 Å². The van der Waals surface area contributed by atoms with E-state index in [-0.39, 0.29) is 6.29 Å². The lowest BCUT2D eigenvalue weighted by molar-refractivity contribution is -0.101. The number of methoxy groups -OCH3 is 2. The largest absolute Gasteiger partial charge is 0.355 e. The highest BCUT2D eigenvalue weighted by Crippen LogP contribution is 2.25. The maximum atomic E-state index is 5.06. The van der Waals surface area contributed by atoms with Gasteiger partial charge in [0.2, 0.25) is 0 Å². The molecule has 0 atom stereocenters. The van der Waals surface area contributed by atoms with Crippen LogP contribution < -0.4 is 5.32 Å². The fourth-order valence-electron chi connectivity index (χ4n) is 1.59. The van der Waals surface area contributed by atoms with Crippen LogP contribution in [0.4, 0.5) is 0 Å². The number of hydrogen-bond donors (Lipinski definition) is 1. The molecular weight excluding hydrogens is 154 g/mol. The van der Waals surface area contributed by atoms with Crippen molar-refractivity contribution in [1.29, 1.82) is 0 Å². The highest BCUT2D eigenvalue weighted by molar-refractivity contribution is 4.82. The van der Waals surface area contributed by atoms with Gasteiger partial charge >= 0.3 is 0 Å². The van der Waals surface area contributed by atoms with Gasteiger partial charge in [0.1, 0.15) is 0 Å². The van der Waals surface area contributed by atoms with Crippen molar-refractivity contribution < 1.29 is 9.47 Å². The van der Waals surface area contributed by atoms with Gasteiger partial charge in [-0.25, -0.2) is 0 Å². The second-order valence-electron chi connectivity index (χ2n) is 3.58. The van der Waals surface area contributed by atoms with Gasteiger partial charge in [-0.05, 0) is 18.8 Å². The summed E-state index contributed by atoms with van der Waals surface area (Å²) in [5.74, 6) is 0.894. The van der Waals surface area contributed by atoms with E-state index in [1.54, 1.807) is 14.2 Å². The standard InChI is InChI=1S/C9H19NO2/c1-7-4-8(5-7)10-6-9(11-2)12-3/h7-10H,4-6H2,1-3H3. The van der Waals surface area contributed by atoms with Gasteiger partial charge in [-0.2, -0.15) is 0 Å². The van der Waals surface area contributed by atoms with E-state index in [0.29, 0.717) is 6.04 Å². The molecule has 0 unspecified atom stereocenters. The van der Waals surface area contributed by atoms with Crippen molar-refractivity contribution in [3.63, 3.8) is 0 Å². The molecule has 0 aromatic carbocycles. The first-order valence-electron chi connectivity index (χ1n) is 4.55. The molecule has 0 heterocycles. The van der Waals surface area contributed by atoms with Crippen molar-refractivity contribution in [2.24, 2.45) is 5.92 Å². The van der Waals surface area contributed by atoms with Gasteiger partial charge in [0.25, 0.3) is 0 Å². The summed E-state index contributed by atoms with van der Waals surface area (Å²) in [6, 6.07) is 0.688. The summed E-state index contributed by atoms with van der Waals surface area (Å²) < 4.78 is 10.1. The van der Waals surface area contributed by atoms with Crippen molar-refractivity contribution in [1.82, 2.24) is 5.32 Å². The Morgan fingerprint density at radius 1 is 1.33 bits per heavy atom. The van der Waals surface area contributed by atoms with Crippen LogP contribution in [0.5, 0.6) is 0 Å². The van der Waals surface area contributed by atoms with E-state index in [1.165, 1.54) is 12.8 Å². The molecule has 1 N–H and O–H groups in total. The number of ether oxygens (including phenoxy) is 2. The van der Waals surface area contributed by atoms with E-state index in [9.17, 15) is 0 Å². The van der Waals surface area contributed by atoms with Crippen LogP contribution >= 0.6 is 0 Å². The van der Waals surface area contributed by atoms with E-state index in [4.69, 9.17) is 9.47 Å². The van der Waals surface area contributed by atoms with Crippen molar-refractivity contribution in [3.8, 4) is 0 Å². The predicted molar refractivity (Wildman–Crippen MR) is 48.0 cm³/mol. The molecule has 0 saturated heterocycles. The fraction of sp³-hybridized carbons (Fsp3) is 1.00. The third-order valence-corrected chi connectivity index (χ3v) is 2.47. The van der Waals surface area contributed by atoms with Crippen LogP contribution in [0.3, 0.4) is 0 Å². The van der Waals surface area contributed by atoms with E-state index < -0.39 is 0 Å². The Morgan fingerprint density at radius 3 is 2.33 bits per heavy atom. The quantitative estimate of drug-likeness (QED) is 0.629. The Hall–Kier alpha value is -0.120. The topological polar surface area (TPSA) is 30.5 Å². The molecule has 0 radical (unpaired) electrons. The molecule has 0 spiro atoms. The van der Waals surface area contributed by atoms with Crippen LogP contribution in [0.25, 0.3) is 0 Å². The molecule has 1 rings (SSSR count). The molecule has 3 nitrogen and oxygen atoms in total. The SMILES string of the molecule is COC(CNC1CC(C)C1)OC. The molecule has 0 aliphatic heterocycles. The van der Waals surface area contributed by atoms with E-state index in [1.807, 2.05) is 0 Å². The van der Waals surface area contributed by atoms with Crippen LogP contribution in [0.15, 0.2) is 0 Å². The maximum absolute atomic E-state index is 5.06. The van der Waals surface area contributed by atoms with Crippen LogP contribution in [-0.4, -0.2) is 33.1 Å². The lowest BCUT2D eigenvalue weighted by Gasteiger charge is -2.34. The molecule has 72 valence electrons. The predicted octanol–water partition coefficient (Wildman–Crippen LogP) is 0.993. The molecule has 3 heteroatoms. The third kappa shape index (κ3) is 2.73. The molecular formula is C9H19NO2. The third-order valence-electron chi connectivity index (χ3n) is 2.47. The average Bonchev–Trinajstić information content (AvgIpc) is 2.03. The second-order valence-corrected chi connectivity index (χ2v) is 3.58. The summed E-state index contributed by atoms with van der Waals surface area (Å²) in [7, 11) is 3.33. The second kappa shape index (κ2) is 4.80. The Balaban J connectivity index is 2.01. The van der Waals surface area contributed by atoms with Gasteiger partial charge in [-0.1, -0.05) is 6.92 Å². The van der Waals surface area contributed by atoms with Crippen LogP contribution in [0, 0.1) is 5.92 Å². The fourth-order valence-corrected chi connectivity index (χ4v) is 1.59. The smallest absolute Gasteiger partial charge is 0.169 e. The van der Waals surface area contributed by atoms with Gasteiger partial charge in [0.05, 0.1) is 0 Å². The highest BCUT2D eigenvalue weighted by atomic mass is 16.7. The summed E-state index contributed by atoms with van der Waals surface area (Å²) in [5, 5.41) is 3.40. The summed E-state index contributed by atoms with van der Waals surface area (Å²) in [6.45, 7) is 3.08. The Morgan fingerprint density at radius 2 is 1.92 bits per heavy atom. The average molecular weight is 173 g/mol. The van der Waals surface area contributed by atoms with Crippen LogP contribution in [0.2, 0.25) is 0 Å². The van der Waals surface area contributed by atoms with E-state index in [2.05, 4.69) is 12.2 Å². The van der Waals surface area contributed by atoms with E-state index >= 15 is 0 Å². The van der Waals surface area contributed by atoms with Crippen LogP contribution in [-0.2, 0) is 9.47 Å². The maximum Gasteiger partial charge on any atom is 0.169 e. The van der Waals surface area contributed by atoms with Crippen molar-refractivity contribution in [2.75, 3.05) is 20.8 Å². The number of hydrogen-bond acceptors (Lipinski definition) is 3. The summed E-state index contributed by atoms with van der Waals surface area (Å²) in [6.07, 6.45) is 2.49. The summed E-state index contributed by atoms with van der Waals surface area (Å²) in [4.78, 5) is 0. The molecule has 0 aromatic heterocycles. The number of nitrogens with one attached hydrogen (secondary N) is 1. The Labute approximate surface area is 74.4 Å². The lowest BCUT2D eigenvalue weighted by atomic mass is 9.82. The van der Waals surface area contributed by atoms with Gasteiger partial charge in [-0.15, -0.1) is 0 Å². The lowest BCUT2D eigenvalue weighted by Crippen LogP contribution is -2.44. The molecule has 1 saturated carbocycles. The Bertz CT molecular complexity index is 120. The van der Waals surface area contributed by atoms with Crippen molar-refractivity contribution >= 4 is 0 Å². The molecule has 1 aliphatic carbocycles. The zero-order chi connectivity index (χ0) is 8.97. The minimum atomic E-state index is -0.0964. The molecule has 0 aromatic rings. The van der Waals surface area contributed by atoms with E-state index in [0.717, 1.165) is 12.5 Å². The normalized spacial score (nSPS) is 29.0. The molecule has 1 fully saturated rings. The number of rotatable bonds is 5. The monoisotopic (exact) mass is 173 g/mol. The van der Waals surface area contributed by atoms with Gasteiger partial charge < -0.3 is 14.8 Å². The minimum Gasteiger partial charge on any atom is -0.355 e. The van der Waals surface area contributed by atoms with Gasteiger partial charge in [-0.3, -0.25) is 0 Å². The minimum absolute atomic E-state index is 0.0964. The van der Waals surface area contributed by atoms with Crippen molar-refractivity contribution in [3.05, 3.63) is 0 Å². The molecule has 1 aliphatic rings. The highest BCUT2D eigenvalue weighted by Gasteiger charge is 2.25. The zero-order valence-corrected chi connectivity index (χ0v) is 8.17. The zero-order valence-electron chi connectivity index (χ0n) is 8.17. The van der Waals surface area contributed by atoms with Gasteiger partial charge in [0, 0.05) is 26.8 Å². The first-order valence-corrected chi connectivity index (χ1v) is 4.55. The molecule has 0 bridgehead atoms. The first kappa shape index (κ1) is 9.96. The summed E-state index contributed by atoms with van der Waals surface area (Å²) >= 11 is 0. The molecule has 12 heavy (non-hydrogen) atoms.